The molecule has 0 aliphatic heterocycles. The van der Waals surface area contributed by atoms with Crippen LogP contribution in [0.4, 0.5) is 4.39 Å². The Labute approximate surface area is 114 Å². The molecule has 0 unspecified atom stereocenters. The number of hydrogen-bond acceptors (Lipinski definition) is 3. The lowest BCUT2D eigenvalue weighted by atomic mass is 10.1. The Morgan fingerprint density at radius 3 is 2.83 bits per heavy atom. The van der Waals surface area contributed by atoms with Crippen LogP contribution in [0.2, 0.25) is 5.02 Å². The van der Waals surface area contributed by atoms with Gasteiger partial charge in [0.2, 0.25) is 0 Å². The quantitative estimate of drug-likeness (QED) is 0.871. The summed E-state index contributed by atoms with van der Waals surface area (Å²) in [6, 6.07) is 8.59. The standard InChI is InChI=1S/C13H12ClFN2S/c14-11-2-1-5-17-13(11)18-8-10-4-3-9(7-16)6-12(10)15/h1-6H,7-8,16H2. The van der Waals surface area contributed by atoms with Crippen LogP contribution in [-0.4, -0.2) is 4.98 Å². The van der Waals surface area contributed by atoms with Crippen molar-refractivity contribution in [1.29, 1.82) is 0 Å². The molecule has 0 saturated carbocycles. The zero-order chi connectivity index (χ0) is 13.0. The predicted octanol–water partition coefficient (Wildman–Crippen LogP) is 3.63. The molecular formula is C13H12ClFN2S. The minimum absolute atomic E-state index is 0.238. The lowest BCUT2D eigenvalue weighted by Crippen LogP contribution is -1.98. The van der Waals surface area contributed by atoms with Crippen molar-refractivity contribution in [2.45, 2.75) is 17.3 Å². The Morgan fingerprint density at radius 1 is 1.33 bits per heavy atom. The Balaban J connectivity index is 2.09. The lowest BCUT2D eigenvalue weighted by Gasteiger charge is -2.05. The first-order valence-corrected chi connectivity index (χ1v) is 6.77. The molecule has 18 heavy (non-hydrogen) atoms. The van der Waals surface area contributed by atoms with Gasteiger partial charge in [-0.05, 0) is 29.3 Å². The number of thioether (sulfide) groups is 1. The second-order valence-electron chi connectivity index (χ2n) is 3.71. The van der Waals surface area contributed by atoms with Gasteiger partial charge in [0.1, 0.15) is 10.8 Å². The van der Waals surface area contributed by atoms with E-state index in [0.29, 0.717) is 27.9 Å². The maximum atomic E-state index is 13.7. The highest BCUT2D eigenvalue weighted by atomic mass is 35.5. The minimum atomic E-state index is -0.238. The summed E-state index contributed by atoms with van der Waals surface area (Å²) < 4.78 is 13.7. The first kappa shape index (κ1) is 13.3. The second-order valence-corrected chi connectivity index (χ2v) is 5.08. The fourth-order valence-corrected chi connectivity index (χ4v) is 2.61. The molecule has 1 heterocycles. The Hall–Kier alpha value is -1.10. The number of nitrogens with zero attached hydrogens (tertiary/aromatic N) is 1. The van der Waals surface area contributed by atoms with E-state index in [0.717, 1.165) is 5.56 Å². The first-order valence-electron chi connectivity index (χ1n) is 5.41. The first-order chi connectivity index (χ1) is 8.70. The van der Waals surface area contributed by atoms with E-state index < -0.39 is 0 Å². The van der Waals surface area contributed by atoms with Crippen molar-refractivity contribution in [2.24, 2.45) is 5.73 Å². The van der Waals surface area contributed by atoms with Crippen molar-refractivity contribution in [3.8, 4) is 0 Å². The molecule has 1 aromatic heterocycles. The van der Waals surface area contributed by atoms with Gasteiger partial charge >= 0.3 is 0 Å². The third-order valence-corrected chi connectivity index (χ3v) is 3.91. The van der Waals surface area contributed by atoms with Gasteiger partial charge in [0.15, 0.2) is 0 Å². The summed E-state index contributed by atoms with van der Waals surface area (Å²) in [5, 5.41) is 1.29. The van der Waals surface area contributed by atoms with Gasteiger partial charge in [0, 0.05) is 18.5 Å². The number of nitrogens with two attached hydrogens (primary N) is 1. The summed E-state index contributed by atoms with van der Waals surface area (Å²) >= 11 is 7.40. The maximum Gasteiger partial charge on any atom is 0.127 e. The summed E-state index contributed by atoms with van der Waals surface area (Å²) in [6.07, 6.45) is 1.67. The van der Waals surface area contributed by atoms with E-state index in [9.17, 15) is 4.39 Å². The van der Waals surface area contributed by atoms with Gasteiger partial charge in [-0.25, -0.2) is 9.37 Å². The van der Waals surface area contributed by atoms with Crippen LogP contribution in [-0.2, 0) is 12.3 Å². The lowest BCUT2D eigenvalue weighted by molar-refractivity contribution is 0.615. The number of aromatic nitrogens is 1. The average molecular weight is 283 g/mol. The molecule has 0 amide bonds. The molecule has 0 radical (unpaired) electrons. The molecule has 5 heteroatoms. The topological polar surface area (TPSA) is 38.9 Å². The molecule has 2 aromatic rings. The van der Waals surface area contributed by atoms with Crippen molar-refractivity contribution in [1.82, 2.24) is 4.98 Å². The van der Waals surface area contributed by atoms with E-state index in [2.05, 4.69) is 4.98 Å². The van der Waals surface area contributed by atoms with Crippen LogP contribution in [0.5, 0.6) is 0 Å². The molecule has 1 aromatic carbocycles. The van der Waals surface area contributed by atoms with Crippen molar-refractivity contribution in [3.63, 3.8) is 0 Å². The van der Waals surface area contributed by atoms with Crippen molar-refractivity contribution < 1.29 is 4.39 Å². The van der Waals surface area contributed by atoms with E-state index in [1.807, 2.05) is 6.07 Å². The average Bonchev–Trinajstić information content (AvgIpc) is 2.39. The van der Waals surface area contributed by atoms with Crippen LogP contribution < -0.4 is 5.73 Å². The Kier molecular flexibility index (Phi) is 4.58. The predicted molar refractivity (Wildman–Crippen MR) is 73.1 cm³/mol. The molecule has 2 N–H and O–H groups in total. The molecular weight excluding hydrogens is 271 g/mol. The number of benzene rings is 1. The highest BCUT2D eigenvalue weighted by Crippen LogP contribution is 2.28. The van der Waals surface area contributed by atoms with Gasteiger partial charge in [0.05, 0.1) is 5.02 Å². The molecule has 94 valence electrons. The molecule has 0 spiro atoms. The largest absolute Gasteiger partial charge is 0.326 e. The monoisotopic (exact) mass is 282 g/mol. The minimum Gasteiger partial charge on any atom is -0.326 e. The van der Waals surface area contributed by atoms with E-state index in [1.165, 1.54) is 17.8 Å². The zero-order valence-corrected chi connectivity index (χ0v) is 11.1. The van der Waals surface area contributed by atoms with E-state index in [4.69, 9.17) is 17.3 Å². The Morgan fingerprint density at radius 2 is 2.17 bits per heavy atom. The highest BCUT2D eigenvalue weighted by Gasteiger charge is 2.06. The van der Waals surface area contributed by atoms with Gasteiger partial charge in [0.25, 0.3) is 0 Å². The number of hydrogen-bond donors (Lipinski definition) is 1. The van der Waals surface area contributed by atoms with E-state index in [1.54, 1.807) is 24.4 Å². The SMILES string of the molecule is NCc1ccc(CSc2ncccc2Cl)c(F)c1. The van der Waals surface area contributed by atoms with Crippen LogP contribution >= 0.6 is 23.4 Å². The highest BCUT2D eigenvalue weighted by molar-refractivity contribution is 7.98. The van der Waals surface area contributed by atoms with Gasteiger partial charge in [-0.2, -0.15) is 0 Å². The molecule has 0 aliphatic carbocycles. The molecule has 0 fully saturated rings. The zero-order valence-electron chi connectivity index (χ0n) is 9.57. The third-order valence-electron chi connectivity index (χ3n) is 2.44. The number of rotatable bonds is 4. The molecule has 0 atom stereocenters. The van der Waals surface area contributed by atoms with Gasteiger partial charge < -0.3 is 5.73 Å². The van der Waals surface area contributed by atoms with Gasteiger partial charge in [-0.15, -0.1) is 11.8 Å². The molecule has 0 aliphatic rings. The van der Waals surface area contributed by atoms with E-state index >= 15 is 0 Å². The summed E-state index contributed by atoms with van der Waals surface area (Å²) in [7, 11) is 0. The summed E-state index contributed by atoms with van der Waals surface area (Å²) in [4.78, 5) is 4.15. The fraction of sp³-hybridized carbons (Fsp3) is 0.154. The third kappa shape index (κ3) is 3.22. The van der Waals surface area contributed by atoms with Crippen LogP contribution in [0.1, 0.15) is 11.1 Å². The van der Waals surface area contributed by atoms with Crippen molar-refractivity contribution in [3.05, 3.63) is 58.5 Å². The Bertz CT molecular complexity index is 548. The van der Waals surface area contributed by atoms with Gasteiger partial charge in [-0.1, -0.05) is 23.7 Å². The van der Waals surface area contributed by atoms with Gasteiger partial charge in [-0.3, -0.25) is 0 Å². The van der Waals surface area contributed by atoms with Crippen LogP contribution in [0.15, 0.2) is 41.6 Å². The van der Waals surface area contributed by atoms with Crippen LogP contribution in [0.25, 0.3) is 0 Å². The van der Waals surface area contributed by atoms with Crippen molar-refractivity contribution >= 4 is 23.4 Å². The number of halogens is 2. The van der Waals surface area contributed by atoms with Crippen LogP contribution in [0.3, 0.4) is 0 Å². The van der Waals surface area contributed by atoms with Crippen molar-refractivity contribution in [2.75, 3.05) is 0 Å². The number of pyridine rings is 1. The van der Waals surface area contributed by atoms with Crippen LogP contribution in [0, 0.1) is 5.82 Å². The fourth-order valence-electron chi connectivity index (χ4n) is 1.46. The van der Waals surface area contributed by atoms with E-state index in [-0.39, 0.29) is 5.82 Å². The maximum absolute atomic E-state index is 13.7. The molecule has 2 nitrogen and oxygen atoms in total. The normalized spacial score (nSPS) is 10.6. The smallest absolute Gasteiger partial charge is 0.127 e. The molecule has 0 saturated heterocycles. The second kappa shape index (κ2) is 6.18. The molecule has 0 bridgehead atoms. The summed E-state index contributed by atoms with van der Waals surface area (Å²) in [5.74, 6) is 0.255. The molecule has 2 rings (SSSR count). The summed E-state index contributed by atoms with van der Waals surface area (Å²) in [5.41, 5.74) is 6.87. The summed E-state index contributed by atoms with van der Waals surface area (Å²) in [6.45, 7) is 0.344.